The standard InChI is InChI=1S/C14H20N2O2S/c1-4-18-14(17)12-5-6-13(15-7-12)16-8-10(2)19-11(3)9-16/h5-7,10-11H,4,8-9H2,1-3H3. The number of pyridine rings is 1. The Morgan fingerprint density at radius 3 is 2.63 bits per heavy atom. The zero-order chi connectivity index (χ0) is 13.8. The summed E-state index contributed by atoms with van der Waals surface area (Å²) < 4.78 is 4.95. The van der Waals surface area contributed by atoms with Gasteiger partial charge in [-0.1, -0.05) is 13.8 Å². The van der Waals surface area contributed by atoms with Crippen LogP contribution in [0.3, 0.4) is 0 Å². The average molecular weight is 280 g/mol. The zero-order valence-electron chi connectivity index (χ0n) is 11.6. The molecule has 0 bridgehead atoms. The van der Waals surface area contributed by atoms with Crippen LogP contribution in [0.4, 0.5) is 5.82 Å². The van der Waals surface area contributed by atoms with Gasteiger partial charge in [-0.25, -0.2) is 9.78 Å². The van der Waals surface area contributed by atoms with Crippen LogP contribution < -0.4 is 4.90 Å². The Kier molecular flexibility index (Phi) is 4.69. The first-order valence-electron chi connectivity index (χ1n) is 6.63. The van der Waals surface area contributed by atoms with E-state index in [0.29, 0.717) is 22.7 Å². The number of esters is 1. The van der Waals surface area contributed by atoms with Crippen LogP contribution in [0.2, 0.25) is 0 Å². The second kappa shape index (κ2) is 6.28. The SMILES string of the molecule is CCOC(=O)c1ccc(N2CC(C)SC(C)C2)nc1. The van der Waals surface area contributed by atoms with Gasteiger partial charge in [0.1, 0.15) is 5.82 Å². The fraction of sp³-hybridized carbons (Fsp3) is 0.571. The van der Waals surface area contributed by atoms with E-state index in [9.17, 15) is 4.79 Å². The van der Waals surface area contributed by atoms with Gasteiger partial charge in [-0.15, -0.1) is 0 Å². The lowest BCUT2D eigenvalue weighted by Gasteiger charge is -2.35. The molecular formula is C14H20N2O2S. The summed E-state index contributed by atoms with van der Waals surface area (Å²) in [6.45, 7) is 8.66. The molecule has 104 valence electrons. The number of anilines is 1. The van der Waals surface area contributed by atoms with E-state index in [2.05, 4.69) is 23.7 Å². The number of thioether (sulfide) groups is 1. The molecule has 2 heterocycles. The Bertz CT molecular complexity index is 426. The normalized spacial score (nSPS) is 23.2. The van der Waals surface area contributed by atoms with Gasteiger partial charge in [-0.3, -0.25) is 0 Å². The highest BCUT2D eigenvalue weighted by Crippen LogP contribution is 2.27. The van der Waals surface area contributed by atoms with Crippen LogP contribution in [0.5, 0.6) is 0 Å². The van der Waals surface area contributed by atoms with Gasteiger partial charge in [0.15, 0.2) is 0 Å². The summed E-state index contributed by atoms with van der Waals surface area (Å²) in [7, 11) is 0. The number of hydrogen-bond acceptors (Lipinski definition) is 5. The molecule has 0 saturated carbocycles. The van der Waals surface area contributed by atoms with Crippen molar-refractivity contribution in [2.24, 2.45) is 0 Å². The summed E-state index contributed by atoms with van der Waals surface area (Å²) in [5.74, 6) is 0.629. The molecule has 1 aliphatic heterocycles. The molecule has 5 heteroatoms. The Morgan fingerprint density at radius 2 is 2.11 bits per heavy atom. The first-order valence-corrected chi connectivity index (χ1v) is 7.58. The molecule has 2 atom stereocenters. The van der Waals surface area contributed by atoms with Crippen molar-refractivity contribution in [1.82, 2.24) is 4.98 Å². The van der Waals surface area contributed by atoms with Gasteiger partial charge in [0.25, 0.3) is 0 Å². The monoisotopic (exact) mass is 280 g/mol. The third-order valence-electron chi connectivity index (χ3n) is 3.00. The topological polar surface area (TPSA) is 42.4 Å². The highest BCUT2D eigenvalue weighted by Gasteiger charge is 2.23. The van der Waals surface area contributed by atoms with Crippen molar-refractivity contribution in [2.75, 3.05) is 24.6 Å². The average Bonchev–Trinajstić information content (AvgIpc) is 2.38. The summed E-state index contributed by atoms with van der Waals surface area (Å²) in [6, 6.07) is 3.69. The fourth-order valence-electron chi connectivity index (χ4n) is 2.27. The van der Waals surface area contributed by atoms with Gasteiger partial charge in [0, 0.05) is 29.8 Å². The molecule has 0 radical (unpaired) electrons. The van der Waals surface area contributed by atoms with Crippen LogP contribution in [0.15, 0.2) is 18.3 Å². The number of carbonyl (C=O) groups excluding carboxylic acids is 1. The minimum absolute atomic E-state index is 0.308. The molecule has 1 aromatic heterocycles. The lowest BCUT2D eigenvalue weighted by atomic mass is 10.2. The van der Waals surface area contributed by atoms with Gasteiger partial charge < -0.3 is 9.64 Å². The third-order valence-corrected chi connectivity index (χ3v) is 4.23. The molecule has 0 N–H and O–H groups in total. The van der Waals surface area contributed by atoms with Gasteiger partial charge in [0.2, 0.25) is 0 Å². The van der Waals surface area contributed by atoms with E-state index in [1.165, 1.54) is 0 Å². The minimum Gasteiger partial charge on any atom is -0.462 e. The van der Waals surface area contributed by atoms with Crippen LogP contribution in [-0.2, 0) is 4.74 Å². The van der Waals surface area contributed by atoms with Gasteiger partial charge in [0.05, 0.1) is 12.2 Å². The number of nitrogens with zero attached hydrogens (tertiary/aromatic N) is 2. The fourth-order valence-corrected chi connectivity index (χ4v) is 3.60. The van der Waals surface area contributed by atoms with Crippen molar-refractivity contribution < 1.29 is 9.53 Å². The van der Waals surface area contributed by atoms with E-state index in [1.807, 2.05) is 17.8 Å². The first kappa shape index (κ1) is 14.2. The number of aromatic nitrogens is 1. The Morgan fingerprint density at radius 1 is 1.42 bits per heavy atom. The summed E-state index contributed by atoms with van der Waals surface area (Å²) in [4.78, 5) is 18.2. The maximum absolute atomic E-state index is 11.6. The molecule has 4 nitrogen and oxygen atoms in total. The predicted molar refractivity (Wildman–Crippen MR) is 78.9 cm³/mol. The molecule has 0 spiro atoms. The smallest absolute Gasteiger partial charge is 0.339 e. The van der Waals surface area contributed by atoms with Crippen molar-refractivity contribution in [3.8, 4) is 0 Å². The molecule has 0 aliphatic carbocycles. The second-order valence-electron chi connectivity index (χ2n) is 4.79. The molecule has 2 rings (SSSR count). The molecule has 1 aromatic rings. The molecule has 2 unspecified atom stereocenters. The van der Waals surface area contributed by atoms with Crippen molar-refractivity contribution in [1.29, 1.82) is 0 Å². The minimum atomic E-state index is -0.308. The molecule has 1 aliphatic rings. The zero-order valence-corrected chi connectivity index (χ0v) is 12.4. The van der Waals surface area contributed by atoms with Crippen molar-refractivity contribution >= 4 is 23.5 Å². The second-order valence-corrected chi connectivity index (χ2v) is 6.67. The van der Waals surface area contributed by atoms with E-state index in [1.54, 1.807) is 19.2 Å². The lowest BCUT2D eigenvalue weighted by Crippen LogP contribution is -2.40. The third kappa shape index (κ3) is 3.62. The molecule has 0 amide bonds. The highest BCUT2D eigenvalue weighted by atomic mass is 32.2. The van der Waals surface area contributed by atoms with Crippen molar-refractivity contribution in [3.05, 3.63) is 23.9 Å². The Labute approximate surface area is 118 Å². The highest BCUT2D eigenvalue weighted by molar-refractivity contribution is 8.00. The van der Waals surface area contributed by atoms with Gasteiger partial charge >= 0.3 is 5.97 Å². The lowest BCUT2D eigenvalue weighted by molar-refractivity contribution is 0.0526. The molecular weight excluding hydrogens is 260 g/mol. The summed E-state index contributed by atoms with van der Waals surface area (Å²) in [6.07, 6.45) is 1.60. The van der Waals surface area contributed by atoms with Crippen LogP contribution in [0, 0.1) is 0 Å². The number of carbonyl (C=O) groups is 1. The number of rotatable bonds is 3. The van der Waals surface area contributed by atoms with Crippen LogP contribution >= 0.6 is 11.8 Å². The number of hydrogen-bond donors (Lipinski definition) is 0. The van der Waals surface area contributed by atoms with E-state index in [-0.39, 0.29) is 5.97 Å². The van der Waals surface area contributed by atoms with E-state index in [4.69, 9.17) is 4.74 Å². The maximum atomic E-state index is 11.6. The molecule has 0 aromatic carbocycles. The Hall–Kier alpha value is -1.23. The maximum Gasteiger partial charge on any atom is 0.339 e. The molecule has 1 saturated heterocycles. The number of ether oxygens (including phenoxy) is 1. The molecule has 1 fully saturated rings. The summed E-state index contributed by atoms with van der Waals surface area (Å²) in [5, 5.41) is 1.21. The summed E-state index contributed by atoms with van der Waals surface area (Å²) in [5.41, 5.74) is 0.512. The van der Waals surface area contributed by atoms with Crippen LogP contribution in [0.1, 0.15) is 31.1 Å². The van der Waals surface area contributed by atoms with Crippen LogP contribution in [0.25, 0.3) is 0 Å². The van der Waals surface area contributed by atoms with E-state index >= 15 is 0 Å². The van der Waals surface area contributed by atoms with Crippen molar-refractivity contribution in [2.45, 2.75) is 31.3 Å². The quantitative estimate of drug-likeness (QED) is 0.796. The largest absolute Gasteiger partial charge is 0.462 e. The first-order chi connectivity index (χ1) is 9.10. The van der Waals surface area contributed by atoms with Gasteiger partial charge in [-0.2, -0.15) is 11.8 Å². The molecule has 19 heavy (non-hydrogen) atoms. The van der Waals surface area contributed by atoms with E-state index in [0.717, 1.165) is 18.9 Å². The van der Waals surface area contributed by atoms with Gasteiger partial charge in [-0.05, 0) is 19.1 Å². The Balaban J connectivity index is 2.07. The van der Waals surface area contributed by atoms with Crippen LogP contribution in [-0.4, -0.2) is 41.1 Å². The predicted octanol–water partition coefficient (Wildman–Crippen LogP) is 2.59. The summed E-state index contributed by atoms with van der Waals surface area (Å²) >= 11 is 2.01. The van der Waals surface area contributed by atoms with E-state index < -0.39 is 0 Å². The van der Waals surface area contributed by atoms with Crippen molar-refractivity contribution in [3.63, 3.8) is 0 Å².